The van der Waals surface area contributed by atoms with Crippen molar-refractivity contribution in [3.63, 3.8) is 0 Å². The molecule has 0 saturated heterocycles. The molecular formula is C15H20N4O2. The van der Waals surface area contributed by atoms with E-state index in [0.717, 1.165) is 11.0 Å². The van der Waals surface area contributed by atoms with Crippen molar-refractivity contribution < 1.29 is 9.84 Å². The van der Waals surface area contributed by atoms with E-state index in [-0.39, 0.29) is 6.61 Å². The fourth-order valence-electron chi connectivity index (χ4n) is 2.59. The van der Waals surface area contributed by atoms with Crippen LogP contribution in [0.1, 0.15) is 30.7 Å². The van der Waals surface area contributed by atoms with Gasteiger partial charge in [0.2, 0.25) is 0 Å². The minimum absolute atomic E-state index is 0.288. The van der Waals surface area contributed by atoms with Crippen molar-refractivity contribution in [2.24, 2.45) is 0 Å². The number of aromatic nitrogens is 3. The average molecular weight is 288 g/mol. The van der Waals surface area contributed by atoms with E-state index in [9.17, 15) is 5.11 Å². The fraction of sp³-hybridized carbons (Fsp3) is 0.533. The maximum absolute atomic E-state index is 9.72. The third-order valence-electron chi connectivity index (χ3n) is 3.94. The van der Waals surface area contributed by atoms with E-state index in [2.05, 4.69) is 20.3 Å². The molecule has 6 heteroatoms. The fourth-order valence-corrected chi connectivity index (χ4v) is 2.59. The lowest BCUT2D eigenvalue weighted by Gasteiger charge is -2.26. The van der Waals surface area contributed by atoms with Gasteiger partial charge >= 0.3 is 0 Å². The van der Waals surface area contributed by atoms with E-state index in [1.165, 1.54) is 24.8 Å². The molecular weight excluding hydrogens is 268 g/mol. The van der Waals surface area contributed by atoms with Crippen molar-refractivity contribution in [2.45, 2.75) is 31.3 Å². The Kier molecular flexibility index (Phi) is 4.26. The van der Waals surface area contributed by atoms with Crippen LogP contribution in [0.15, 0.2) is 18.6 Å². The van der Waals surface area contributed by atoms with Gasteiger partial charge in [-0.1, -0.05) is 6.42 Å². The summed E-state index contributed by atoms with van der Waals surface area (Å²) in [4.78, 5) is 13.4. The van der Waals surface area contributed by atoms with Gasteiger partial charge in [-0.25, -0.2) is 9.97 Å². The van der Waals surface area contributed by atoms with Gasteiger partial charge in [0, 0.05) is 37.8 Å². The molecule has 3 rings (SSSR count). The normalized spacial score (nSPS) is 16.7. The lowest BCUT2D eigenvalue weighted by Crippen LogP contribution is -2.24. The molecule has 0 amide bonds. The first-order valence-corrected chi connectivity index (χ1v) is 7.30. The van der Waals surface area contributed by atoms with Crippen molar-refractivity contribution in [1.82, 2.24) is 15.0 Å². The van der Waals surface area contributed by atoms with Gasteiger partial charge in [-0.15, -0.1) is 0 Å². The lowest BCUT2D eigenvalue weighted by atomic mass is 9.80. The molecule has 1 unspecified atom stereocenters. The van der Waals surface area contributed by atoms with Crippen LogP contribution in [0.2, 0.25) is 0 Å². The van der Waals surface area contributed by atoms with Crippen molar-refractivity contribution in [2.75, 3.05) is 25.6 Å². The van der Waals surface area contributed by atoms with Gasteiger partial charge in [-0.2, -0.15) is 0 Å². The zero-order valence-corrected chi connectivity index (χ0v) is 12.1. The van der Waals surface area contributed by atoms with E-state index in [1.54, 1.807) is 19.5 Å². The van der Waals surface area contributed by atoms with E-state index in [4.69, 9.17) is 4.74 Å². The number of hydrogen-bond donors (Lipinski definition) is 2. The number of nitrogens with zero attached hydrogens (tertiary/aromatic N) is 3. The average Bonchev–Trinajstić information content (AvgIpc) is 2.45. The van der Waals surface area contributed by atoms with E-state index >= 15 is 0 Å². The highest BCUT2D eigenvalue weighted by Gasteiger charge is 2.23. The zero-order chi connectivity index (χ0) is 14.7. The molecule has 0 radical (unpaired) electrons. The Morgan fingerprint density at radius 3 is 2.71 bits per heavy atom. The van der Waals surface area contributed by atoms with Gasteiger partial charge in [0.25, 0.3) is 0 Å². The molecule has 1 aliphatic carbocycles. The SMILES string of the molecule is COCC(O)CNc1ncc(C2CCC2)c2nccnc12. The second-order valence-electron chi connectivity index (χ2n) is 5.43. The number of aliphatic hydroxyl groups excluding tert-OH is 1. The highest BCUT2D eigenvalue weighted by molar-refractivity contribution is 5.87. The number of anilines is 1. The number of rotatable bonds is 6. The summed E-state index contributed by atoms with van der Waals surface area (Å²) >= 11 is 0. The van der Waals surface area contributed by atoms with E-state index in [0.29, 0.717) is 18.3 Å². The molecule has 1 aliphatic rings. The first-order chi connectivity index (χ1) is 10.3. The quantitative estimate of drug-likeness (QED) is 0.842. The molecule has 0 aliphatic heterocycles. The van der Waals surface area contributed by atoms with Crippen LogP contribution in [0, 0.1) is 0 Å². The Hall–Kier alpha value is -1.79. The largest absolute Gasteiger partial charge is 0.389 e. The van der Waals surface area contributed by atoms with Crippen LogP contribution >= 0.6 is 0 Å². The Morgan fingerprint density at radius 1 is 1.29 bits per heavy atom. The highest BCUT2D eigenvalue weighted by atomic mass is 16.5. The third-order valence-corrected chi connectivity index (χ3v) is 3.94. The van der Waals surface area contributed by atoms with Crippen LogP contribution in [0.3, 0.4) is 0 Å². The summed E-state index contributed by atoms with van der Waals surface area (Å²) in [5.41, 5.74) is 2.87. The standard InChI is InChI=1S/C15H20N4O2/c1-21-9-11(20)7-18-15-14-13(16-5-6-17-14)12(8-19-15)10-3-2-4-10/h5-6,8,10-11,20H,2-4,7,9H2,1H3,(H,18,19). The van der Waals surface area contributed by atoms with Gasteiger partial charge in [0.05, 0.1) is 18.2 Å². The second-order valence-corrected chi connectivity index (χ2v) is 5.43. The molecule has 6 nitrogen and oxygen atoms in total. The minimum Gasteiger partial charge on any atom is -0.389 e. The van der Waals surface area contributed by atoms with Crippen LogP contribution in [-0.2, 0) is 4.74 Å². The van der Waals surface area contributed by atoms with Crippen molar-refractivity contribution >= 4 is 16.9 Å². The van der Waals surface area contributed by atoms with Crippen molar-refractivity contribution in [3.8, 4) is 0 Å². The number of ether oxygens (including phenoxy) is 1. The molecule has 21 heavy (non-hydrogen) atoms. The number of pyridine rings is 1. The summed E-state index contributed by atoms with van der Waals surface area (Å²) in [7, 11) is 1.57. The molecule has 1 atom stereocenters. The molecule has 2 aromatic heterocycles. The first kappa shape index (κ1) is 14.2. The van der Waals surface area contributed by atoms with Crippen LogP contribution in [0.5, 0.6) is 0 Å². The molecule has 0 bridgehead atoms. The van der Waals surface area contributed by atoms with Gasteiger partial charge in [0.15, 0.2) is 5.82 Å². The summed E-state index contributed by atoms with van der Waals surface area (Å²) in [6, 6.07) is 0. The number of nitrogens with one attached hydrogen (secondary N) is 1. The van der Waals surface area contributed by atoms with E-state index < -0.39 is 6.10 Å². The zero-order valence-electron chi connectivity index (χ0n) is 12.1. The predicted octanol–water partition coefficient (Wildman–Crippen LogP) is 1.71. The lowest BCUT2D eigenvalue weighted by molar-refractivity contribution is 0.0727. The van der Waals surface area contributed by atoms with Gasteiger partial charge < -0.3 is 15.2 Å². The van der Waals surface area contributed by atoms with Crippen LogP contribution in [0.25, 0.3) is 11.0 Å². The molecule has 112 valence electrons. The van der Waals surface area contributed by atoms with Crippen molar-refractivity contribution in [1.29, 1.82) is 0 Å². The monoisotopic (exact) mass is 288 g/mol. The Labute approximate surface area is 123 Å². The molecule has 2 N–H and O–H groups in total. The van der Waals surface area contributed by atoms with Gasteiger partial charge in [-0.3, -0.25) is 4.98 Å². The summed E-state index contributed by atoms with van der Waals surface area (Å²) in [5.74, 6) is 1.22. The maximum Gasteiger partial charge on any atom is 0.154 e. The van der Waals surface area contributed by atoms with Gasteiger partial charge in [-0.05, 0) is 18.8 Å². The molecule has 1 saturated carbocycles. The number of methoxy groups -OCH3 is 1. The molecule has 0 aromatic carbocycles. The number of aliphatic hydroxyl groups is 1. The Morgan fingerprint density at radius 2 is 2.05 bits per heavy atom. The molecule has 2 heterocycles. The summed E-state index contributed by atoms with van der Waals surface area (Å²) in [5, 5.41) is 12.9. The van der Waals surface area contributed by atoms with Crippen LogP contribution in [0.4, 0.5) is 5.82 Å². The number of fused-ring (bicyclic) bond motifs is 1. The predicted molar refractivity (Wildman–Crippen MR) is 80.3 cm³/mol. The molecule has 0 spiro atoms. The smallest absolute Gasteiger partial charge is 0.154 e. The second kappa shape index (κ2) is 6.32. The molecule has 1 fully saturated rings. The van der Waals surface area contributed by atoms with E-state index in [1.807, 2.05) is 6.20 Å². The Bertz CT molecular complexity index is 616. The third kappa shape index (κ3) is 2.96. The highest BCUT2D eigenvalue weighted by Crippen LogP contribution is 2.39. The first-order valence-electron chi connectivity index (χ1n) is 7.30. The summed E-state index contributed by atoms with van der Waals surface area (Å²) in [6.07, 6.45) is 8.38. The molecule has 2 aromatic rings. The van der Waals surface area contributed by atoms with Crippen molar-refractivity contribution in [3.05, 3.63) is 24.2 Å². The summed E-state index contributed by atoms with van der Waals surface area (Å²) in [6.45, 7) is 0.659. The maximum atomic E-state index is 9.72. The van der Waals surface area contributed by atoms with Gasteiger partial charge in [0.1, 0.15) is 5.52 Å². The topological polar surface area (TPSA) is 80.2 Å². The number of hydrogen-bond acceptors (Lipinski definition) is 6. The Balaban J connectivity index is 1.86. The summed E-state index contributed by atoms with van der Waals surface area (Å²) < 4.78 is 4.91. The minimum atomic E-state index is -0.574. The van der Waals surface area contributed by atoms with Crippen LogP contribution in [-0.4, -0.2) is 46.4 Å². The van der Waals surface area contributed by atoms with Crippen LogP contribution < -0.4 is 5.32 Å².